The first-order valence-corrected chi connectivity index (χ1v) is 7.40. The van der Waals surface area contributed by atoms with Gasteiger partial charge in [-0.3, -0.25) is 0 Å². The van der Waals surface area contributed by atoms with Crippen LogP contribution in [-0.4, -0.2) is 16.1 Å². The van der Waals surface area contributed by atoms with Crippen molar-refractivity contribution in [2.45, 2.75) is 6.61 Å². The van der Waals surface area contributed by atoms with E-state index < -0.39 is 6.03 Å². The molecule has 116 valence electrons. The minimum Gasteiger partial charge on any atom is -0.392 e. The van der Waals surface area contributed by atoms with Crippen LogP contribution in [0.15, 0.2) is 24.3 Å². The third-order valence-electron chi connectivity index (χ3n) is 2.59. The molecule has 1 heterocycles. The normalized spacial score (nSPS) is 10.4. The SMILES string of the molecule is O=C(Nc1cc(Cl)nc(Cl)c1)Nc1cc(Cl)cc(Cl)c1CO. The summed E-state index contributed by atoms with van der Waals surface area (Å²) in [7, 11) is 0. The van der Waals surface area contributed by atoms with E-state index in [1.165, 1.54) is 24.3 Å². The van der Waals surface area contributed by atoms with Gasteiger partial charge in [0.1, 0.15) is 10.3 Å². The number of amides is 2. The van der Waals surface area contributed by atoms with E-state index in [9.17, 15) is 9.90 Å². The summed E-state index contributed by atoms with van der Waals surface area (Å²) >= 11 is 23.3. The van der Waals surface area contributed by atoms with Gasteiger partial charge in [-0.15, -0.1) is 0 Å². The largest absolute Gasteiger partial charge is 0.392 e. The van der Waals surface area contributed by atoms with Crippen LogP contribution in [0.5, 0.6) is 0 Å². The van der Waals surface area contributed by atoms with Crippen molar-refractivity contribution in [1.82, 2.24) is 4.98 Å². The fraction of sp³-hybridized carbons (Fsp3) is 0.0769. The Morgan fingerprint density at radius 3 is 2.27 bits per heavy atom. The number of nitrogens with zero attached hydrogens (tertiary/aromatic N) is 1. The molecular weight excluding hydrogens is 372 g/mol. The van der Waals surface area contributed by atoms with E-state index in [4.69, 9.17) is 46.4 Å². The number of urea groups is 1. The van der Waals surface area contributed by atoms with E-state index in [1.54, 1.807) is 0 Å². The second-order valence-electron chi connectivity index (χ2n) is 4.15. The Morgan fingerprint density at radius 1 is 1.05 bits per heavy atom. The first kappa shape index (κ1) is 17.1. The molecule has 0 bridgehead atoms. The maximum absolute atomic E-state index is 12.0. The standard InChI is InChI=1S/C13H9Cl4N3O2/c14-6-1-9(15)8(5-21)10(2-6)19-13(22)18-7-3-11(16)20-12(17)4-7/h1-4,21H,5H2,(H2,18,19,20,22). The van der Waals surface area contributed by atoms with E-state index in [-0.39, 0.29) is 21.9 Å². The minimum atomic E-state index is -0.577. The Bertz CT molecular complexity index is 704. The second kappa shape index (κ2) is 7.35. The van der Waals surface area contributed by atoms with Crippen molar-refractivity contribution in [2.24, 2.45) is 0 Å². The van der Waals surface area contributed by atoms with Crippen molar-refractivity contribution >= 4 is 63.8 Å². The van der Waals surface area contributed by atoms with Crippen LogP contribution in [-0.2, 0) is 6.61 Å². The molecule has 0 aliphatic carbocycles. The number of aliphatic hydroxyl groups is 1. The molecule has 0 fully saturated rings. The zero-order valence-electron chi connectivity index (χ0n) is 10.8. The maximum atomic E-state index is 12.0. The van der Waals surface area contributed by atoms with Gasteiger partial charge in [0.15, 0.2) is 0 Å². The third-order valence-corrected chi connectivity index (χ3v) is 3.53. The fourth-order valence-electron chi connectivity index (χ4n) is 1.70. The Kier molecular flexibility index (Phi) is 5.72. The molecule has 5 nitrogen and oxygen atoms in total. The number of hydrogen-bond donors (Lipinski definition) is 3. The molecule has 1 aromatic heterocycles. The zero-order valence-corrected chi connectivity index (χ0v) is 13.9. The van der Waals surface area contributed by atoms with E-state index in [0.29, 0.717) is 22.0 Å². The molecule has 2 aromatic rings. The smallest absolute Gasteiger partial charge is 0.323 e. The number of halogens is 4. The molecule has 0 atom stereocenters. The lowest BCUT2D eigenvalue weighted by molar-refractivity contribution is 0.262. The molecule has 22 heavy (non-hydrogen) atoms. The van der Waals surface area contributed by atoms with Crippen LogP contribution in [0, 0.1) is 0 Å². The van der Waals surface area contributed by atoms with Crippen LogP contribution in [0.2, 0.25) is 20.4 Å². The summed E-state index contributed by atoms with van der Waals surface area (Å²) in [5.41, 5.74) is 1.01. The van der Waals surface area contributed by atoms with Gasteiger partial charge in [-0.1, -0.05) is 46.4 Å². The van der Waals surface area contributed by atoms with Crippen molar-refractivity contribution in [2.75, 3.05) is 10.6 Å². The molecule has 2 rings (SSSR count). The van der Waals surface area contributed by atoms with E-state index >= 15 is 0 Å². The van der Waals surface area contributed by atoms with Crippen LogP contribution in [0.4, 0.5) is 16.2 Å². The predicted octanol–water partition coefficient (Wildman–Crippen LogP) is 4.83. The van der Waals surface area contributed by atoms with Crippen molar-refractivity contribution in [3.05, 3.63) is 50.2 Å². The lowest BCUT2D eigenvalue weighted by Gasteiger charge is -2.13. The molecule has 3 N–H and O–H groups in total. The molecule has 0 saturated carbocycles. The van der Waals surface area contributed by atoms with Crippen LogP contribution < -0.4 is 10.6 Å². The number of aliphatic hydroxyl groups excluding tert-OH is 1. The average Bonchev–Trinajstić information content (AvgIpc) is 2.36. The second-order valence-corrected chi connectivity index (χ2v) is 5.77. The number of pyridine rings is 1. The average molecular weight is 381 g/mol. The van der Waals surface area contributed by atoms with Crippen LogP contribution in [0.3, 0.4) is 0 Å². The highest BCUT2D eigenvalue weighted by atomic mass is 35.5. The molecule has 2 amide bonds. The maximum Gasteiger partial charge on any atom is 0.323 e. The summed E-state index contributed by atoms with van der Waals surface area (Å²) in [5.74, 6) is 0. The fourth-order valence-corrected chi connectivity index (χ4v) is 2.71. The highest BCUT2D eigenvalue weighted by Gasteiger charge is 2.12. The summed E-state index contributed by atoms with van der Waals surface area (Å²) in [6.45, 7) is -0.349. The molecule has 0 radical (unpaired) electrons. The number of hydrogen-bond acceptors (Lipinski definition) is 3. The quantitative estimate of drug-likeness (QED) is 0.667. The van der Waals surface area contributed by atoms with Crippen molar-refractivity contribution < 1.29 is 9.90 Å². The highest BCUT2D eigenvalue weighted by Crippen LogP contribution is 2.29. The van der Waals surface area contributed by atoms with Gasteiger partial charge in [0.05, 0.1) is 12.3 Å². The molecular formula is C13H9Cl4N3O2. The van der Waals surface area contributed by atoms with E-state index in [0.717, 1.165) is 0 Å². The number of benzene rings is 1. The van der Waals surface area contributed by atoms with Crippen molar-refractivity contribution in [1.29, 1.82) is 0 Å². The molecule has 0 unspecified atom stereocenters. The van der Waals surface area contributed by atoms with Gasteiger partial charge in [-0.25, -0.2) is 9.78 Å². The predicted molar refractivity (Wildman–Crippen MR) is 89.3 cm³/mol. The number of carbonyl (C=O) groups excluding carboxylic acids is 1. The Labute approximate surface area is 146 Å². The zero-order chi connectivity index (χ0) is 16.3. The number of carbonyl (C=O) groups is 1. The number of nitrogens with one attached hydrogen (secondary N) is 2. The number of rotatable bonds is 3. The molecule has 0 aliphatic heterocycles. The lowest BCUT2D eigenvalue weighted by Crippen LogP contribution is -2.20. The minimum absolute atomic E-state index is 0.143. The Balaban J connectivity index is 2.19. The Hall–Kier alpha value is -1.24. The summed E-state index contributed by atoms with van der Waals surface area (Å²) in [5, 5.41) is 15.3. The first-order chi connectivity index (χ1) is 10.4. The molecule has 0 saturated heterocycles. The third kappa shape index (κ3) is 4.38. The number of anilines is 2. The van der Waals surface area contributed by atoms with Crippen LogP contribution in [0.25, 0.3) is 0 Å². The summed E-state index contributed by atoms with van der Waals surface area (Å²) in [4.78, 5) is 15.8. The summed E-state index contributed by atoms with van der Waals surface area (Å²) in [6.07, 6.45) is 0. The number of aromatic nitrogens is 1. The first-order valence-electron chi connectivity index (χ1n) is 5.89. The Morgan fingerprint density at radius 2 is 1.68 bits per heavy atom. The molecule has 0 aliphatic rings. The van der Waals surface area contributed by atoms with Gasteiger partial charge in [0, 0.05) is 21.3 Å². The molecule has 1 aromatic carbocycles. The van der Waals surface area contributed by atoms with Gasteiger partial charge >= 0.3 is 6.03 Å². The van der Waals surface area contributed by atoms with Crippen molar-refractivity contribution in [3.63, 3.8) is 0 Å². The molecule has 0 spiro atoms. The topological polar surface area (TPSA) is 74.2 Å². The van der Waals surface area contributed by atoms with Gasteiger partial charge in [-0.2, -0.15) is 0 Å². The van der Waals surface area contributed by atoms with Crippen LogP contribution >= 0.6 is 46.4 Å². The van der Waals surface area contributed by atoms with Gasteiger partial charge < -0.3 is 15.7 Å². The van der Waals surface area contributed by atoms with Gasteiger partial charge in [0.2, 0.25) is 0 Å². The van der Waals surface area contributed by atoms with Gasteiger partial charge in [0.25, 0.3) is 0 Å². The van der Waals surface area contributed by atoms with Gasteiger partial charge in [-0.05, 0) is 24.3 Å². The van der Waals surface area contributed by atoms with Crippen molar-refractivity contribution in [3.8, 4) is 0 Å². The summed E-state index contributed by atoms with van der Waals surface area (Å²) < 4.78 is 0. The monoisotopic (exact) mass is 379 g/mol. The van der Waals surface area contributed by atoms with E-state index in [1.807, 2.05) is 0 Å². The van der Waals surface area contributed by atoms with E-state index in [2.05, 4.69) is 15.6 Å². The lowest BCUT2D eigenvalue weighted by atomic mass is 10.2. The van der Waals surface area contributed by atoms with Crippen LogP contribution in [0.1, 0.15) is 5.56 Å². The highest BCUT2D eigenvalue weighted by molar-refractivity contribution is 6.36. The molecule has 9 heteroatoms. The summed E-state index contributed by atoms with van der Waals surface area (Å²) in [6, 6.07) is 5.24.